The molecule has 1 N–H and O–H groups in total. The van der Waals surface area contributed by atoms with Crippen LogP contribution in [0, 0.1) is 6.92 Å². The quantitative estimate of drug-likeness (QED) is 0.788. The van der Waals surface area contributed by atoms with Crippen LogP contribution in [0.2, 0.25) is 0 Å². The van der Waals surface area contributed by atoms with E-state index in [1.54, 1.807) is 7.11 Å². The van der Waals surface area contributed by atoms with E-state index in [4.69, 9.17) is 9.84 Å². The van der Waals surface area contributed by atoms with Crippen LogP contribution in [0.15, 0.2) is 29.4 Å². The number of aliphatic carboxylic acids is 1. The number of ether oxygens (including phenoxy) is 1. The summed E-state index contributed by atoms with van der Waals surface area (Å²) in [6.07, 6.45) is 0.771. The molecule has 2 aromatic rings. The second kappa shape index (κ2) is 7.24. The minimum absolute atomic E-state index is 0.0433. The lowest BCUT2D eigenvalue weighted by Crippen LogP contribution is -2.07. The monoisotopic (exact) mass is 307 g/mol. The van der Waals surface area contributed by atoms with Crippen molar-refractivity contribution in [1.82, 2.24) is 14.8 Å². The van der Waals surface area contributed by atoms with Gasteiger partial charge in [-0.2, -0.15) is 0 Å². The molecule has 0 saturated carbocycles. The van der Waals surface area contributed by atoms with Gasteiger partial charge in [0.05, 0.1) is 18.0 Å². The number of nitrogens with zero attached hydrogens (tertiary/aromatic N) is 3. The van der Waals surface area contributed by atoms with Crippen molar-refractivity contribution in [2.24, 2.45) is 0 Å². The first-order valence-electron chi connectivity index (χ1n) is 6.47. The summed E-state index contributed by atoms with van der Waals surface area (Å²) in [5.41, 5.74) is 2.07. The highest BCUT2D eigenvalue weighted by molar-refractivity contribution is 7.99. The molecule has 0 aliphatic rings. The van der Waals surface area contributed by atoms with Crippen LogP contribution in [0.4, 0.5) is 0 Å². The Morgan fingerprint density at radius 2 is 2.14 bits per heavy atom. The SMILES string of the molecule is COCCc1ccccc1-n1c(C)nnc1SCC(=O)O. The molecule has 0 saturated heterocycles. The number of aryl methyl sites for hydroxylation is 1. The van der Waals surface area contributed by atoms with E-state index in [1.807, 2.05) is 35.8 Å². The lowest BCUT2D eigenvalue weighted by Gasteiger charge is -2.13. The van der Waals surface area contributed by atoms with E-state index in [9.17, 15) is 4.79 Å². The summed E-state index contributed by atoms with van der Waals surface area (Å²) in [6.45, 7) is 2.47. The van der Waals surface area contributed by atoms with Gasteiger partial charge in [-0.05, 0) is 25.0 Å². The van der Waals surface area contributed by atoms with E-state index in [1.165, 1.54) is 0 Å². The Kier molecular flexibility index (Phi) is 5.35. The van der Waals surface area contributed by atoms with E-state index in [0.717, 1.165) is 35.3 Å². The molecule has 0 atom stereocenters. The number of hydrogen-bond donors (Lipinski definition) is 1. The molecule has 112 valence electrons. The van der Waals surface area contributed by atoms with Crippen molar-refractivity contribution in [1.29, 1.82) is 0 Å². The van der Waals surface area contributed by atoms with Crippen LogP contribution in [-0.4, -0.2) is 45.3 Å². The lowest BCUT2D eigenvalue weighted by atomic mass is 10.1. The molecule has 6 nitrogen and oxygen atoms in total. The first-order chi connectivity index (χ1) is 10.1. The number of benzene rings is 1. The van der Waals surface area contributed by atoms with Crippen LogP contribution < -0.4 is 0 Å². The average molecular weight is 307 g/mol. The first-order valence-corrected chi connectivity index (χ1v) is 7.46. The Bertz CT molecular complexity index is 628. The number of carboxylic acids is 1. The molecule has 0 amide bonds. The van der Waals surface area contributed by atoms with Gasteiger partial charge in [0, 0.05) is 7.11 Å². The van der Waals surface area contributed by atoms with Gasteiger partial charge < -0.3 is 9.84 Å². The van der Waals surface area contributed by atoms with Gasteiger partial charge in [0.1, 0.15) is 5.82 Å². The summed E-state index contributed by atoms with van der Waals surface area (Å²) in [5.74, 6) is -0.189. The van der Waals surface area contributed by atoms with E-state index in [0.29, 0.717) is 11.8 Å². The molecule has 1 heterocycles. The molecule has 1 aromatic heterocycles. The predicted molar refractivity (Wildman–Crippen MR) is 80.0 cm³/mol. The Morgan fingerprint density at radius 1 is 1.38 bits per heavy atom. The van der Waals surface area contributed by atoms with Crippen molar-refractivity contribution >= 4 is 17.7 Å². The number of hydrogen-bond acceptors (Lipinski definition) is 5. The third kappa shape index (κ3) is 3.83. The molecule has 0 radical (unpaired) electrons. The van der Waals surface area contributed by atoms with Gasteiger partial charge in [-0.25, -0.2) is 0 Å². The zero-order valence-corrected chi connectivity index (χ0v) is 12.8. The van der Waals surface area contributed by atoms with E-state index >= 15 is 0 Å². The smallest absolute Gasteiger partial charge is 0.313 e. The number of aromatic nitrogens is 3. The maximum atomic E-state index is 10.7. The molecule has 0 aliphatic carbocycles. The maximum Gasteiger partial charge on any atom is 0.313 e. The zero-order valence-electron chi connectivity index (χ0n) is 11.9. The Hall–Kier alpha value is -1.86. The average Bonchev–Trinajstić information content (AvgIpc) is 2.84. The minimum atomic E-state index is -0.875. The second-order valence-electron chi connectivity index (χ2n) is 4.42. The van der Waals surface area contributed by atoms with Crippen molar-refractivity contribution in [3.63, 3.8) is 0 Å². The van der Waals surface area contributed by atoms with Gasteiger partial charge in [0.25, 0.3) is 0 Å². The Balaban J connectivity index is 2.37. The van der Waals surface area contributed by atoms with Gasteiger partial charge in [-0.3, -0.25) is 9.36 Å². The van der Waals surface area contributed by atoms with Gasteiger partial charge in [0.2, 0.25) is 0 Å². The predicted octanol–water partition coefficient (Wildman–Crippen LogP) is 1.94. The van der Waals surface area contributed by atoms with Crippen LogP contribution in [-0.2, 0) is 16.0 Å². The third-order valence-electron chi connectivity index (χ3n) is 2.93. The van der Waals surface area contributed by atoms with Crippen LogP contribution >= 0.6 is 11.8 Å². The molecule has 0 unspecified atom stereocenters. The molecule has 21 heavy (non-hydrogen) atoms. The fraction of sp³-hybridized carbons (Fsp3) is 0.357. The second-order valence-corrected chi connectivity index (χ2v) is 5.36. The number of para-hydroxylation sites is 1. The molecule has 0 bridgehead atoms. The maximum absolute atomic E-state index is 10.7. The summed E-state index contributed by atoms with van der Waals surface area (Å²) in [7, 11) is 1.67. The number of methoxy groups -OCH3 is 1. The fourth-order valence-electron chi connectivity index (χ4n) is 1.99. The van der Waals surface area contributed by atoms with Crippen LogP contribution in [0.25, 0.3) is 5.69 Å². The number of rotatable bonds is 7. The Labute approximate surface area is 127 Å². The summed E-state index contributed by atoms with van der Waals surface area (Å²) in [5, 5.41) is 17.5. The molecule has 0 aliphatic heterocycles. The van der Waals surface area contributed by atoms with Crippen molar-refractivity contribution in [3.05, 3.63) is 35.7 Å². The van der Waals surface area contributed by atoms with Crippen LogP contribution in [0.1, 0.15) is 11.4 Å². The number of carboxylic acid groups (broad SMARTS) is 1. The molecular formula is C14H17N3O3S. The largest absolute Gasteiger partial charge is 0.481 e. The molecule has 0 spiro atoms. The standard InChI is InChI=1S/C14H17N3O3S/c1-10-15-16-14(21-9-13(18)19)17(10)12-6-4-3-5-11(12)7-8-20-2/h3-6H,7-9H2,1-2H3,(H,18,19). The highest BCUT2D eigenvalue weighted by Gasteiger charge is 2.15. The fourth-order valence-corrected chi connectivity index (χ4v) is 2.70. The van der Waals surface area contributed by atoms with Gasteiger partial charge in [-0.15, -0.1) is 10.2 Å². The summed E-state index contributed by atoms with van der Waals surface area (Å²) < 4.78 is 7.02. The summed E-state index contributed by atoms with van der Waals surface area (Å²) >= 11 is 1.16. The Morgan fingerprint density at radius 3 is 2.86 bits per heavy atom. The third-order valence-corrected chi connectivity index (χ3v) is 3.84. The topological polar surface area (TPSA) is 77.2 Å². The number of carbonyl (C=O) groups is 1. The van der Waals surface area contributed by atoms with Gasteiger partial charge in [0.15, 0.2) is 5.16 Å². The van der Waals surface area contributed by atoms with Crippen LogP contribution in [0.3, 0.4) is 0 Å². The van der Waals surface area contributed by atoms with Gasteiger partial charge in [-0.1, -0.05) is 30.0 Å². The minimum Gasteiger partial charge on any atom is -0.481 e. The molecule has 0 fully saturated rings. The number of thioether (sulfide) groups is 1. The lowest BCUT2D eigenvalue weighted by molar-refractivity contribution is -0.133. The van der Waals surface area contributed by atoms with Crippen molar-refractivity contribution in [3.8, 4) is 5.69 Å². The highest BCUT2D eigenvalue weighted by atomic mass is 32.2. The summed E-state index contributed by atoms with van der Waals surface area (Å²) in [6, 6.07) is 7.92. The first kappa shape index (κ1) is 15.5. The van der Waals surface area contributed by atoms with Crippen LogP contribution in [0.5, 0.6) is 0 Å². The zero-order chi connectivity index (χ0) is 15.2. The van der Waals surface area contributed by atoms with E-state index in [-0.39, 0.29) is 5.75 Å². The molecule has 7 heteroatoms. The highest BCUT2D eigenvalue weighted by Crippen LogP contribution is 2.24. The normalized spacial score (nSPS) is 10.8. The van der Waals surface area contributed by atoms with Crippen molar-refractivity contribution < 1.29 is 14.6 Å². The molecule has 1 aromatic carbocycles. The van der Waals surface area contributed by atoms with Crippen molar-refractivity contribution in [2.45, 2.75) is 18.5 Å². The van der Waals surface area contributed by atoms with E-state index < -0.39 is 5.97 Å². The summed E-state index contributed by atoms with van der Waals surface area (Å²) in [4.78, 5) is 10.7. The van der Waals surface area contributed by atoms with Gasteiger partial charge >= 0.3 is 5.97 Å². The van der Waals surface area contributed by atoms with E-state index in [2.05, 4.69) is 10.2 Å². The molecule has 2 rings (SSSR count). The molecular weight excluding hydrogens is 290 g/mol. The van der Waals surface area contributed by atoms with Crippen molar-refractivity contribution in [2.75, 3.05) is 19.5 Å².